The summed E-state index contributed by atoms with van der Waals surface area (Å²) in [6, 6.07) is 19.3. The second-order valence-corrected chi connectivity index (χ2v) is 15.7. The number of rotatable bonds is 9. The van der Waals surface area contributed by atoms with Gasteiger partial charge in [0.25, 0.3) is 0 Å². The van der Waals surface area contributed by atoms with Gasteiger partial charge in [-0.1, -0.05) is 18.9 Å². The van der Waals surface area contributed by atoms with Crippen molar-refractivity contribution in [3.05, 3.63) is 100 Å². The van der Waals surface area contributed by atoms with Gasteiger partial charge in [0.15, 0.2) is 12.3 Å². The van der Waals surface area contributed by atoms with Gasteiger partial charge in [0.1, 0.15) is 0 Å². The molecular weight excluding hydrogens is 681 g/mol. The molecule has 3 aromatic rings. The number of fused-ring (bicyclic) bond motifs is 8. The van der Waals surface area contributed by atoms with Gasteiger partial charge in [-0.3, -0.25) is 5.04 Å². The fourth-order valence-corrected chi connectivity index (χ4v) is 9.59. The van der Waals surface area contributed by atoms with Crippen molar-refractivity contribution in [2.45, 2.75) is 73.2 Å². The van der Waals surface area contributed by atoms with E-state index in [2.05, 4.69) is 92.4 Å². The topological polar surface area (TPSA) is 139 Å². The lowest BCUT2D eigenvalue weighted by Gasteiger charge is -2.49. The van der Waals surface area contributed by atoms with Crippen LogP contribution in [0.2, 0.25) is 0 Å². The van der Waals surface area contributed by atoms with Crippen LogP contribution in [0, 0.1) is 0 Å². The second-order valence-electron chi connectivity index (χ2n) is 14.1. The number of carboxylic acid groups (broad SMARTS) is 1. The van der Waals surface area contributed by atoms with Crippen molar-refractivity contribution in [1.82, 2.24) is 5.01 Å². The standard InChI is InChI=1S/C36H36N4O8S2/c1-35(2)26-17-22(49-47-45-43)9-11-30(26)38-15-13-28-24(32(35)38)19-25-29(40(28)37-21-7-5-20(6-8-21)34(41)42)14-16-39-31-12-10-23(50-48-46-44)18-27(31)36(3,4)33(25)39/h5-12,17-19,28-29,37H,13-16H2,1-4H3,(H2-,41,42,43,44). The summed E-state index contributed by atoms with van der Waals surface area (Å²) < 4.78 is 11.9. The third kappa shape index (κ3) is 5.21. The fourth-order valence-electron chi connectivity index (χ4n) is 8.80. The Hall–Kier alpha value is -3.70. The quantitative estimate of drug-likeness (QED) is 0.0991. The Morgan fingerprint density at radius 3 is 2.38 bits per heavy atom. The van der Waals surface area contributed by atoms with Crippen LogP contribution in [0.25, 0.3) is 0 Å². The summed E-state index contributed by atoms with van der Waals surface area (Å²) in [5.74, 6) is -0.959. The summed E-state index contributed by atoms with van der Waals surface area (Å²) in [6.07, 6.45) is 4.18. The maximum atomic E-state index is 11.6. The molecule has 0 radical (unpaired) electrons. The van der Waals surface area contributed by atoms with Crippen LogP contribution >= 0.6 is 24.1 Å². The van der Waals surface area contributed by atoms with Gasteiger partial charge in [0, 0.05) is 62.4 Å². The van der Waals surface area contributed by atoms with E-state index in [4.69, 9.17) is 9.59 Å². The van der Waals surface area contributed by atoms with E-state index >= 15 is 0 Å². The Morgan fingerprint density at radius 1 is 0.940 bits per heavy atom. The maximum Gasteiger partial charge on any atom is 0.335 e. The number of allylic oxidation sites excluding steroid dienone is 1. The Bertz CT molecular complexity index is 1990. The Balaban J connectivity index is 1.28. The summed E-state index contributed by atoms with van der Waals surface area (Å²) in [4.78, 5) is 15.7. The van der Waals surface area contributed by atoms with E-state index in [0.717, 1.165) is 88.0 Å². The molecule has 260 valence electrons. The molecule has 8 rings (SSSR count). The molecule has 0 aromatic heterocycles. The number of nitrogens with one attached hydrogen (secondary N) is 1. The van der Waals surface area contributed by atoms with E-state index in [-0.39, 0.29) is 28.5 Å². The van der Waals surface area contributed by atoms with Crippen LogP contribution in [-0.4, -0.2) is 56.8 Å². The number of benzene rings is 3. The van der Waals surface area contributed by atoms with E-state index in [1.165, 1.54) is 22.6 Å². The van der Waals surface area contributed by atoms with Crippen molar-refractivity contribution in [3.63, 3.8) is 0 Å². The van der Waals surface area contributed by atoms with Gasteiger partial charge in [-0.05, 0) is 92.1 Å². The molecule has 5 heterocycles. The van der Waals surface area contributed by atoms with Crippen LogP contribution in [0.4, 0.5) is 17.1 Å². The maximum absolute atomic E-state index is 11.6. The molecule has 12 nitrogen and oxygen atoms in total. The number of carboxylic acids is 1. The molecule has 2 unspecified atom stereocenters. The predicted octanol–water partition coefficient (Wildman–Crippen LogP) is 6.29. The van der Waals surface area contributed by atoms with Gasteiger partial charge >= 0.3 is 5.97 Å². The van der Waals surface area contributed by atoms with Crippen LogP contribution < -0.4 is 15.6 Å². The van der Waals surface area contributed by atoms with Crippen molar-refractivity contribution in [3.8, 4) is 0 Å². The number of carbonyl (C=O) groups is 1. The minimum Gasteiger partial charge on any atom is -0.691 e. The number of nitrogens with zero attached hydrogens (tertiary/aromatic N) is 3. The molecule has 5 aliphatic heterocycles. The van der Waals surface area contributed by atoms with E-state index in [0.29, 0.717) is 0 Å². The van der Waals surface area contributed by atoms with Gasteiger partial charge in [0.05, 0.1) is 47.1 Å². The summed E-state index contributed by atoms with van der Waals surface area (Å²) in [7, 11) is 0. The lowest BCUT2D eigenvalue weighted by molar-refractivity contribution is -0.777. The Labute approximate surface area is 297 Å². The molecule has 0 fully saturated rings. The number of anilines is 2. The molecule has 0 saturated carbocycles. The first kappa shape index (κ1) is 33.4. The highest BCUT2D eigenvalue weighted by atomic mass is 32.2. The first-order chi connectivity index (χ1) is 24.0. The third-order valence-electron chi connectivity index (χ3n) is 10.8. The van der Waals surface area contributed by atoms with Crippen molar-refractivity contribution in [2.24, 2.45) is 0 Å². The molecule has 3 aromatic carbocycles. The SMILES string of the molecule is CC1(C)C2=C3C=C4C5=[N+](CCC4N(Nc4ccc(C(=O)O)cc4)C3CCN2c2ccc(SOO[O-])cc21)c1ccc(SOOO)cc1C5(C)C. The molecule has 14 heteroatoms. The zero-order chi connectivity index (χ0) is 34.9. The molecule has 0 amide bonds. The molecule has 50 heavy (non-hydrogen) atoms. The molecule has 0 spiro atoms. The lowest BCUT2D eigenvalue weighted by Crippen LogP contribution is -2.58. The Kier molecular flexibility index (Phi) is 8.37. The van der Waals surface area contributed by atoms with Crippen molar-refractivity contribution < 1.29 is 43.7 Å². The van der Waals surface area contributed by atoms with Crippen molar-refractivity contribution in [1.29, 1.82) is 0 Å². The van der Waals surface area contributed by atoms with Crippen LogP contribution in [-0.2, 0) is 29.6 Å². The summed E-state index contributed by atoms with van der Waals surface area (Å²) in [5.41, 5.74) is 13.6. The molecular formula is C36H36N4O8S2. The van der Waals surface area contributed by atoms with Crippen LogP contribution in [0.3, 0.4) is 0 Å². The molecule has 0 bridgehead atoms. The molecule has 3 N–H and O–H groups in total. The van der Waals surface area contributed by atoms with Crippen LogP contribution in [0.15, 0.2) is 93.4 Å². The highest BCUT2D eigenvalue weighted by molar-refractivity contribution is 7.94. The minimum atomic E-state index is -0.959. The van der Waals surface area contributed by atoms with Gasteiger partial charge in [-0.15, -0.1) is 4.33 Å². The van der Waals surface area contributed by atoms with Crippen LogP contribution in [0.5, 0.6) is 0 Å². The molecule has 2 atom stereocenters. The van der Waals surface area contributed by atoms with Crippen molar-refractivity contribution in [2.75, 3.05) is 23.4 Å². The summed E-state index contributed by atoms with van der Waals surface area (Å²) in [5, 5.41) is 38.8. The van der Waals surface area contributed by atoms with E-state index < -0.39 is 5.97 Å². The van der Waals surface area contributed by atoms with E-state index in [1.807, 2.05) is 24.3 Å². The van der Waals surface area contributed by atoms with Gasteiger partial charge in [-0.25, -0.2) is 15.1 Å². The molecule has 0 aliphatic carbocycles. The summed E-state index contributed by atoms with van der Waals surface area (Å²) in [6.45, 7) is 10.6. The van der Waals surface area contributed by atoms with Crippen molar-refractivity contribution >= 4 is 52.8 Å². The monoisotopic (exact) mass is 716 g/mol. The normalized spacial score (nSPS) is 22.7. The zero-order valence-electron chi connectivity index (χ0n) is 27.8. The number of hydrogen-bond donors (Lipinski definition) is 3. The highest BCUT2D eigenvalue weighted by Gasteiger charge is 2.56. The molecule has 5 aliphatic rings. The Morgan fingerprint density at radius 2 is 1.66 bits per heavy atom. The first-order valence-electron chi connectivity index (χ1n) is 16.4. The van der Waals surface area contributed by atoms with Crippen LogP contribution in [0.1, 0.15) is 62.0 Å². The number of hydrazine groups is 1. The lowest BCUT2D eigenvalue weighted by atomic mass is 9.72. The third-order valence-corrected chi connectivity index (χ3v) is 11.9. The van der Waals surface area contributed by atoms with Gasteiger partial charge < -0.3 is 20.7 Å². The summed E-state index contributed by atoms with van der Waals surface area (Å²) >= 11 is 1.86. The number of hydrogen-bond acceptors (Lipinski definition) is 12. The second kappa shape index (κ2) is 12.5. The average Bonchev–Trinajstić information content (AvgIpc) is 3.49. The van der Waals surface area contributed by atoms with Gasteiger partial charge in [-0.2, -0.15) is 8.91 Å². The number of aromatic carboxylic acids is 1. The first-order valence-corrected chi connectivity index (χ1v) is 17.9. The fraction of sp³-hybridized carbons (Fsp3) is 0.333. The highest BCUT2D eigenvalue weighted by Crippen LogP contribution is 2.55. The van der Waals surface area contributed by atoms with E-state index in [9.17, 15) is 15.2 Å². The minimum absolute atomic E-state index is 0.0476. The predicted molar refractivity (Wildman–Crippen MR) is 186 cm³/mol. The van der Waals surface area contributed by atoms with Gasteiger partial charge in [0.2, 0.25) is 5.69 Å². The molecule has 0 saturated heterocycles. The largest absolute Gasteiger partial charge is 0.691 e. The van der Waals surface area contributed by atoms with E-state index in [1.54, 1.807) is 12.1 Å². The average molecular weight is 717 g/mol. The zero-order valence-corrected chi connectivity index (χ0v) is 29.5. The smallest absolute Gasteiger partial charge is 0.335 e.